The molecule has 0 aliphatic carbocycles. The van der Waals surface area contributed by atoms with Crippen LogP contribution in [-0.4, -0.2) is 68.2 Å². The first-order valence-electron chi connectivity index (χ1n) is 11.0. The molecule has 2 aliphatic rings. The molecule has 1 saturated heterocycles. The van der Waals surface area contributed by atoms with Gasteiger partial charge >= 0.3 is 0 Å². The minimum Gasteiger partial charge on any atom is -0.454 e. The normalized spacial score (nSPS) is 15.8. The lowest BCUT2D eigenvalue weighted by molar-refractivity contribution is -0.133. The average Bonchev–Trinajstić information content (AvgIpc) is 3.41. The molecule has 0 N–H and O–H groups in total. The van der Waals surface area contributed by atoms with Crippen LogP contribution in [0.3, 0.4) is 0 Å². The second-order valence-corrected chi connectivity index (χ2v) is 8.37. The Balaban J connectivity index is 1.20. The molecule has 0 bridgehead atoms. The molecule has 10 nitrogen and oxygen atoms in total. The summed E-state index contributed by atoms with van der Waals surface area (Å²) in [6, 6.07) is 11.0. The number of carbonyl (C=O) groups excluding carboxylic acids is 1. The Labute approximate surface area is 190 Å². The van der Waals surface area contributed by atoms with Crippen molar-refractivity contribution in [2.75, 3.05) is 33.0 Å². The van der Waals surface area contributed by atoms with E-state index >= 15 is 0 Å². The lowest BCUT2D eigenvalue weighted by atomic mass is 10.1. The van der Waals surface area contributed by atoms with Crippen LogP contribution in [-0.2, 0) is 17.9 Å². The standard InChI is InChI=1S/C23H26N6O4/c1-16-11-17(2)29(24-16)21-5-6-22(30)28(25-21)14-23(31)27-9-7-26(8-10-27)13-18-3-4-19-20(12-18)33-15-32-19/h3-6,11-12H,7-10,13-15H2,1-2H3. The predicted molar refractivity (Wildman–Crippen MR) is 120 cm³/mol. The molecule has 3 aromatic rings. The van der Waals surface area contributed by atoms with E-state index < -0.39 is 0 Å². The largest absolute Gasteiger partial charge is 0.454 e. The van der Waals surface area contributed by atoms with E-state index in [0.717, 1.165) is 48.1 Å². The second-order valence-electron chi connectivity index (χ2n) is 8.37. The van der Waals surface area contributed by atoms with Crippen LogP contribution in [0.4, 0.5) is 0 Å². The molecular formula is C23H26N6O4. The third kappa shape index (κ3) is 4.47. The second kappa shape index (κ2) is 8.70. The molecule has 10 heteroatoms. The number of hydrogen-bond acceptors (Lipinski definition) is 7. The molecule has 0 saturated carbocycles. The maximum Gasteiger partial charge on any atom is 0.267 e. The van der Waals surface area contributed by atoms with E-state index in [9.17, 15) is 9.59 Å². The van der Waals surface area contributed by atoms with Crippen LogP contribution in [0, 0.1) is 13.8 Å². The van der Waals surface area contributed by atoms with Crippen molar-refractivity contribution in [3.8, 4) is 17.3 Å². The number of hydrogen-bond donors (Lipinski definition) is 0. The van der Waals surface area contributed by atoms with Crippen LogP contribution in [0.1, 0.15) is 17.0 Å². The van der Waals surface area contributed by atoms with Crippen molar-refractivity contribution < 1.29 is 14.3 Å². The van der Waals surface area contributed by atoms with Crippen LogP contribution in [0.5, 0.6) is 11.5 Å². The summed E-state index contributed by atoms with van der Waals surface area (Å²) in [6.07, 6.45) is 0. The topological polar surface area (TPSA) is 94.7 Å². The van der Waals surface area contributed by atoms with E-state index in [-0.39, 0.29) is 24.8 Å². The molecule has 5 rings (SSSR count). The highest BCUT2D eigenvalue weighted by atomic mass is 16.7. The van der Waals surface area contributed by atoms with Gasteiger partial charge in [0, 0.05) is 44.5 Å². The SMILES string of the molecule is Cc1cc(C)n(-c2ccc(=O)n(CC(=O)N3CCN(Cc4ccc5c(c4)OCO5)CC3)n2)n1. The van der Waals surface area contributed by atoms with Crippen LogP contribution >= 0.6 is 0 Å². The van der Waals surface area contributed by atoms with Gasteiger partial charge in [0.25, 0.3) is 5.56 Å². The zero-order valence-electron chi connectivity index (χ0n) is 18.7. The van der Waals surface area contributed by atoms with Gasteiger partial charge in [0.2, 0.25) is 12.7 Å². The first kappa shape index (κ1) is 21.2. The summed E-state index contributed by atoms with van der Waals surface area (Å²) in [5.74, 6) is 1.96. The van der Waals surface area contributed by atoms with E-state index in [1.807, 2.05) is 38.1 Å². The quantitative estimate of drug-likeness (QED) is 0.575. The molecule has 4 heterocycles. The van der Waals surface area contributed by atoms with Gasteiger partial charge in [-0.25, -0.2) is 9.36 Å². The summed E-state index contributed by atoms with van der Waals surface area (Å²) in [7, 11) is 0. The minimum atomic E-state index is -0.310. The Kier molecular flexibility index (Phi) is 5.59. The van der Waals surface area contributed by atoms with Crippen molar-refractivity contribution in [3.63, 3.8) is 0 Å². The van der Waals surface area contributed by atoms with Gasteiger partial charge in [0.1, 0.15) is 6.54 Å². The van der Waals surface area contributed by atoms with Gasteiger partial charge < -0.3 is 14.4 Å². The highest BCUT2D eigenvalue weighted by Crippen LogP contribution is 2.32. The van der Waals surface area contributed by atoms with Crippen molar-refractivity contribution in [3.05, 3.63) is 63.7 Å². The average molecular weight is 450 g/mol. The maximum atomic E-state index is 12.9. The highest BCUT2D eigenvalue weighted by Gasteiger charge is 2.23. The number of rotatable bonds is 5. The van der Waals surface area contributed by atoms with Gasteiger partial charge in [0.05, 0.1) is 5.69 Å². The monoisotopic (exact) mass is 450 g/mol. The number of aromatic nitrogens is 4. The molecule has 33 heavy (non-hydrogen) atoms. The molecule has 2 aliphatic heterocycles. The number of amides is 1. The first-order valence-corrected chi connectivity index (χ1v) is 11.0. The molecule has 0 spiro atoms. The first-order chi connectivity index (χ1) is 16.0. The third-order valence-corrected chi connectivity index (χ3v) is 5.93. The van der Waals surface area contributed by atoms with E-state index in [1.165, 1.54) is 10.7 Å². The minimum absolute atomic E-state index is 0.0892. The molecule has 172 valence electrons. The van der Waals surface area contributed by atoms with Crippen molar-refractivity contribution in [1.82, 2.24) is 29.4 Å². The number of nitrogens with zero attached hydrogens (tertiary/aromatic N) is 6. The number of aryl methyl sites for hydroxylation is 2. The fourth-order valence-electron chi connectivity index (χ4n) is 4.21. The molecule has 0 unspecified atom stereocenters. The van der Waals surface area contributed by atoms with Crippen LogP contribution in [0.25, 0.3) is 5.82 Å². The van der Waals surface area contributed by atoms with Crippen molar-refractivity contribution in [1.29, 1.82) is 0 Å². The van der Waals surface area contributed by atoms with Gasteiger partial charge in [-0.05, 0) is 43.7 Å². The number of fused-ring (bicyclic) bond motifs is 1. The molecule has 0 radical (unpaired) electrons. The summed E-state index contributed by atoms with van der Waals surface area (Å²) in [6.45, 7) is 7.51. The zero-order valence-corrected chi connectivity index (χ0v) is 18.7. The van der Waals surface area contributed by atoms with Gasteiger partial charge in [-0.1, -0.05) is 6.07 Å². The van der Waals surface area contributed by atoms with Crippen molar-refractivity contribution in [2.45, 2.75) is 26.9 Å². The number of benzene rings is 1. The molecule has 0 atom stereocenters. The molecule has 1 aromatic carbocycles. The summed E-state index contributed by atoms with van der Waals surface area (Å²) in [4.78, 5) is 29.3. The van der Waals surface area contributed by atoms with Crippen LogP contribution in [0.2, 0.25) is 0 Å². The lowest BCUT2D eigenvalue weighted by Gasteiger charge is -2.34. The molecular weight excluding hydrogens is 424 g/mol. The summed E-state index contributed by atoms with van der Waals surface area (Å²) < 4.78 is 13.7. The lowest BCUT2D eigenvalue weighted by Crippen LogP contribution is -2.49. The Bertz CT molecular complexity index is 1240. The number of piperazine rings is 1. The Morgan fingerprint density at radius 3 is 2.52 bits per heavy atom. The smallest absolute Gasteiger partial charge is 0.267 e. The Hall–Kier alpha value is -3.66. The van der Waals surface area contributed by atoms with E-state index in [4.69, 9.17) is 9.47 Å². The molecule has 1 amide bonds. The van der Waals surface area contributed by atoms with Crippen molar-refractivity contribution in [2.24, 2.45) is 0 Å². The highest BCUT2D eigenvalue weighted by molar-refractivity contribution is 5.76. The Morgan fingerprint density at radius 1 is 0.970 bits per heavy atom. The van der Waals surface area contributed by atoms with E-state index in [1.54, 1.807) is 15.6 Å². The van der Waals surface area contributed by atoms with Crippen LogP contribution < -0.4 is 15.0 Å². The molecule has 2 aromatic heterocycles. The third-order valence-electron chi connectivity index (χ3n) is 5.93. The van der Waals surface area contributed by atoms with Crippen molar-refractivity contribution >= 4 is 5.91 Å². The summed E-state index contributed by atoms with van der Waals surface area (Å²) >= 11 is 0. The van der Waals surface area contributed by atoms with Gasteiger partial charge in [-0.2, -0.15) is 5.10 Å². The van der Waals surface area contributed by atoms with E-state index in [0.29, 0.717) is 18.9 Å². The van der Waals surface area contributed by atoms with Gasteiger partial charge in [-0.15, -0.1) is 5.10 Å². The van der Waals surface area contributed by atoms with E-state index in [2.05, 4.69) is 15.1 Å². The number of ether oxygens (including phenoxy) is 2. The molecule has 1 fully saturated rings. The fraction of sp³-hybridized carbons (Fsp3) is 0.391. The zero-order chi connectivity index (χ0) is 22.9. The number of carbonyl (C=O) groups is 1. The maximum absolute atomic E-state index is 12.9. The Morgan fingerprint density at radius 2 is 1.76 bits per heavy atom. The predicted octanol–water partition coefficient (Wildman–Crippen LogP) is 1.12. The summed E-state index contributed by atoms with van der Waals surface area (Å²) in [5, 5.41) is 8.78. The van der Waals surface area contributed by atoms with Gasteiger partial charge in [-0.3, -0.25) is 14.5 Å². The van der Waals surface area contributed by atoms with Gasteiger partial charge in [0.15, 0.2) is 17.3 Å². The van der Waals surface area contributed by atoms with Crippen LogP contribution in [0.15, 0.2) is 41.2 Å². The fourth-order valence-corrected chi connectivity index (χ4v) is 4.21. The summed E-state index contributed by atoms with van der Waals surface area (Å²) in [5.41, 5.74) is 2.61.